The summed E-state index contributed by atoms with van der Waals surface area (Å²) in [6.45, 7) is -0.353. The van der Waals surface area contributed by atoms with Crippen molar-refractivity contribution >= 4 is 17.4 Å². The van der Waals surface area contributed by atoms with Crippen LogP contribution in [-0.4, -0.2) is 44.0 Å². The van der Waals surface area contributed by atoms with Gasteiger partial charge in [-0.05, 0) is 12.1 Å². The minimum Gasteiger partial charge on any atom is -0.497 e. The smallest absolute Gasteiger partial charge is 0.319 e. The van der Waals surface area contributed by atoms with Crippen LogP contribution in [0, 0.1) is 10.1 Å². The first-order chi connectivity index (χ1) is 9.49. The second-order valence-electron chi connectivity index (χ2n) is 3.74. The van der Waals surface area contributed by atoms with E-state index in [2.05, 4.69) is 10.1 Å². The number of carbonyl (C=O) groups is 2. The van der Waals surface area contributed by atoms with Gasteiger partial charge in [-0.25, -0.2) is 0 Å². The number of hydrogen-bond acceptors (Lipinski definition) is 7. The predicted octanol–water partition coefficient (Wildman–Crippen LogP) is 0.549. The topological polar surface area (TPSA) is 108 Å². The Morgan fingerprint density at radius 2 is 2.00 bits per heavy atom. The average Bonchev–Trinajstić information content (AvgIpc) is 2.45. The van der Waals surface area contributed by atoms with Crippen molar-refractivity contribution in [1.29, 1.82) is 0 Å². The summed E-state index contributed by atoms with van der Waals surface area (Å²) >= 11 is 0. The Bertz CT molecular complexity index is 529. The molecule has 1 aromatic rings. The monoisotopic (exact) mass is 282 g/mol. The quantitative estimate of drug-likeness (QED) is 0.336. The lowest BCUT2D eigenvalue weighted by Gasteiger charge is -2.05. The highest BCUT2D eigenvalue weighted by atomic mass is 16.6. The molecule has 0 amide bonds. The highest BCUT2D eigenvalue weighted by Gasteiger charge is 2.20. The molecule has 0 bridgehead atoms. The largest absolute Gasteiger partial charge is 0.497 e. The first-order valence-corrected chi connectivity index (χ1v) is 5.62. The number of hydrogen-bond donors (Lipinski definition) is 1. The fourth-order valence-corrected chi connectivity index (χ4v) is 1.47. The van der Waals surface area contributed by atoms with Crippen molar-refractivity contribution in [1.82, 2.24) is 5.32 Å². The summed E-state index contributed by atoms with van der Waals surface area (Å²) in [6.07, 6.45) is 0. The van der Waals surface area contributed by atoms with Crippen LogP contribution in [0.3, 0.4) is 0 Å². The molecule has 0 aliphatic heterocycles. The third-order valence-electron chi connectivity index (χ3n) is 2.48. The molecule has 0 aromatic heterocycles. The van der Waals surface area contributed by atoms with E-state index in [-0.39, 0.29) is 30.1 Å². The number of nitrogens with zero attached hydrogens (tertiary/aromatic N) is 1. The van der Waals surface area contributed by atoms with Gasteiger partial charge in [-0.1, -0.05) is 0 Å². The molecule has 0 saturated heterocycles. The van der Waals surface area contributed by atoms with Gasteiger partial charge in [-0.15, -0.1) is 0 Å². The lowest BCUT2D eigenvalue weighted by Crippen LogP contribution is -2.29. The van der Waals surface area contributed by atoms with E-state index in [4.69, 9.17) is 4.74 Å². The van der Waals surface area contributed by atoms with E-state index in [9.17, 15) is 19.7 Å². The van der Waals surface area contributed by atoms with Crippen LogP contribution in [0.15, 0.2) is 18.2 Å². The third-order valence-corrected chi connectivity index (χ3v) is 2.48. The van der Waals surface area contributed by atoms with Crippen LogP contribution in [0.1, 0.15) is 10.4 Å². The van der Waals surface area contributed by atoms with Crippen LogP contribution in [0.25, 0.3) is 0 Å². The Balaban J connectivity index is 2.82. The zero-order chi connectivity index (χ0) is 15.1. The molecular formula is C12H14N2O6. The van der Waals surface area contributed by atoms with Crippen LogP contribution in [-0.2, 0) is 9.53 Å². The Labute approximate surface area is 114 Å². The maximum Gasteiger partial charge on any atom is 0.319 e. The van der Waals surface area contributed by atoms with Crippen LogP contribution < -0.4 is 10.1 Å². The van der Waals surface area contributed by atoms with Crippen molar-refractivity contribution < 1.29 is 24.0 Å². The molecule has 8 nitrogen and oxygen atoms in total. The number of nitro benzene ring substituents is 1. The van der Waals surface area contributed by atoms with Crippen LogP contribution in [0.5, 0.6) is 5.75 Å². The van der Waals surface area contributed by atoms with E-state index in [1.165, 1.54) is 32.4 Å². The van der Waals surface area contributed by atoms with Crippen molar-refractivity contribution in [3.8, 4) is 5.75 Å². The number of Topliss-reactive ketones (excluding diaryl/α,β-unsaturated/α-hetero) is 1. The molecule has 1 aromatic carbocycles. The maximum absolute atomic E-state index is 11.9. The van der Waals surface area contributed by atoms with E-state index in [0.717, 1.165) is 0 Å². The van der Waals surface area contributed by atoms with Gasteiger partial charge < -0.3 is 9.47 Å². The molecule has 0 aliphatic carbocycles. The Kier molecular flexibility index (Phi) is 5.60. The van der Waals surface area contributed by atoms with E-state index in [0.29, 0.717) is 0 Å². The number of benzene rings is 1. The Morgan fingerprint density at radius 3 is 2.55 bits per heavy atom. The number of esters is 1. The molecule has 0 radical (unpaired) electrons. The van der Waals surface area contributed by atoms with Gasteiger partial charge in [0.15, 0.2) is 5.78 Å². The highest BCUT2D eigenvalue weighted by Crippen LogP contribution is 2.24. The first kappa shape index (κ1) is 15.6. The van der Waals surface area contributed by atoms with Gasteiger partial charge in [0.25, 0.3) is 5.69 Å². The molecule has 0 unspecified atom stereocenters. The summed E-state index contributed by atoms with van der Waals surface area (Å²) in [7, 11) is 2.60. The number of nitrogens with one attached hydrogen (secondary N) is 1. The SMILES string of the molecule is COC(=O)CNCC(=O)c1ccc(OC)cc1[N+](=O)[O-]. The fraction of sp³-hybridized carbons (Fsp3) is 0.333. The lowest BCUT2D eigenvalue weighted by atomic mass is 10.1. The van der Waals surface area contributed by atoms with E-state index >= 15 is 0 Å². The summed E-state index contributed by atoms with van der Waals surface area (Å²) < 4.78 is 9.27. The van der Waals surface area contributed by atoms with Crippen molar-refractivity contribution in [3.05, 3.63) is 33.9 Å². The van der Waals surface area contributed by atoms with Crippen LogP contribution in [0.4, 0.5) is 5.69 Å². The Hall–Kier alpha value is -2.48. The highest BCUT2D eigenvalue weighted by molar-refractivity contribution is 6.01. The zero-order valence-corrected chi connectivity index (χ0v) is 11.0. The molecule has 0 fully saturated rings. The number of carbonyl (C=O) groups excluding carboxylic acids is 2. The predicted molar refractivity (Wildman–Crippen MR) is 68.9 cm³/mol. The lowest BCUT2D eigenvalue weighted by molar-refractivity contribution is -0.385. The van der Waals surface area contributed by atoms with Gasteiger partial charge >= 0.3 is 5.97 Å². The molecule has 0 heterocycles. The molecule has 108 valence electrons. The van der Waals surface area contributed by atoms with Gasteiger partial charge in [-0.2, -0.15) is 0 Å². The molecule has 0 spiro atoms. The minimum absolute atomic E-state index is 0.0480. The summed E-state index contributed by atoms with van der Waals surface area (Å²) in [5.74, 6) is -0.735. The third kappa shape index (κ3) is 4.02. The second kappa shape index (κ2) is 7.19. The van der Waals surface area contributed by atoms with Crippen molar-refractivity contribution in [3.63, 3.8) is 0 Å². The maximum atomic E-state index is 11.9. The van der Waals surface area contributed by atoms with Gasteiger partial charge in [0.2, 0.25) is 0 Å². The number of rotatable bonds is 7. The molecule has 20 heavy (non-hydrogen) atoms. The molecule has 1 N–H and O–H groups in total. The van der Waals surface area contributed by atoms with E-state index in [1.807, 2.05) is 0 Å². The van der Waals surface area contributed by atoms with E-state index < -0.39 is 16.7 Å². The standard InChI is InChI=1S/C12H14N2O6/c1-19-8-3-4-9(10(5-8)14(17)18)11(15)6-13-7-12(16)20-2/h3-5,13H,6-7H2,1-2H3. The van der Waals surface area contributed by atoms with E-state index in [1.54, 1.807) is 0 Å². The summed E-state index contributed by atoms with van der Waals surface area (Å²) in [4.78, 5) is 33.0. The normalized spacial score (nSPS) is 9.90. The number of ether oxygens (including phenoxy) is 2. The molecular weight excluding hydrogens is 268 g/mol. The second-order valence-corrected chi connectivity index (χ2v) is 3.74. The number of nitro groups is 1. The van der Waals surface area contributed by atoms with Gasteiger partial charge in [0.05, 0.1) is 43.9 Å². The fourth-order valence-electron chi connectivity index (χ4n) is 1.47. The number of ketones is 1. The van der Waals surface area contributed by atoms with Gasteiger partial charge in [-0.3, -0.25) is 25.0 Å². The Morgan fingerprint density at radius 1 is 1.30 bits per heavy atom. The number of methoxy groups -OCH3 is 2. The summed E-state index contributed by atoms with van der Waals surface area (Å²) in [5.41, 5.74) is -0.387. The van der Waals surface area contributed by atoms with Crippen LogP contribution in [0.2, 0.25) is 0 Å². The summed E-state index contributed by atoms with van der Waals surface area (Å²) in [5, 5.41) is 13.5. The minimum atomic E-state index is -0.657. The molecule has 0 aliphatic rings. The van der Waals surface area contributed by atoms with Crippen molar-refractivity contribution in [2.75, 3.05) is 27.3 Å². The van der Waals surface area contributed by atoms with Crippen LogP contribution >= 0.6 is 0 Å². The summed E-state index contributed by atoms with van der Waals surface area (Å²) in [6, 6.07) is 3.95. The van der Waals surface area contributed by atoms with Gasteiger partial charge in [0.1, 0.15) is 5.75 Å². The molecule has 0 saturated carbocycles. The average molecular weight is 282 g/mol. The molecule has 8 heteroatoms. The first-order valence-electron chi connectivity index (χ1n) is 5.62. The molecule has 0 atom stereocenters. The van der Waals surface area contributed by atoms with Gasteiger partial charge in [0, 0.05) is 0 Å². The van der Waals surface area contributed by atoms with Crippen molar-refractivity contribution in [2.45, 2.75) is 0 Å². The zero-order valence-electron chi connectivity index (χ0n) is 11.0. The van der Waals surface area contributed by atoms with Crippen molar-refractivity contribution in [2.24, 2.45) is 0 Å². The molecule has 1 rings (SSSR count).